The number of fused-ring (bicyclic) bond motifs is 1. The maximum Gasteiger partial charge on any atom is 0.361 e. The van der Waals surface area contributed by atoms with Crippen LogP contribution in [0.1, 0.15) is 23.3 Å². The Kier molecular flexibility index (Phi) is 9.96. The number of benzene rings is 3. The van der Waals surface area contributed by atoms with Gasteiger partial charge < -0.3 is 23.8 Å². The molecule has 9 heteroatoms. The van der Waals surface area contributed by atoms with Gasteiger partial charge in [-0.3, -0.25) is 4.79 Å². The van der Waals surface area contributed by atoms with Crippen molar-refractivity contribution in [2.45, 2.75) is 29.6 Å². The molecule has 3 atom stereocenters. The van der Waals surface area contributed by atoms with Crippen LogP contribution in [0, 0.1) is 0 Å². The molecule has 0 aliphatic carbocycles. The number of rotatable bonds is 11. The van der Waals surface area contributed by atoms with Crippen LogP contribution in [0.5, 0.6) is 17.2 Å². The van der Waals surface area contributed by atoms with Gasteiger partial charge in [-0.2, -0.15) is 0 Å². The highest BCUT2D eigenvalue weighted by atomic mass is 32.2. The Morgan fingerprint density at radius 3 is 2.29 bits per heavy atom. The molecule has 8 nitrogen and oxygen atoms in total. The Labute approximate surface area is 246 Å². The van der Waals surface area contributed by atoms with Crippen LogP contribution in [-0.4, -0.2) is 77.9 Å². The molecule has 3 aromatic rings. The quantitative estimate of drug-likeness (QED) is 0.229. The van der Waals surface area contributed by atoms with Gasteiger partial charge >= 0.3 is 11.9 Å². The van der Waals surface area contributed by atoms with Crippen molar-refractivity contribution in [3.63, 3.8) is 0 Å². The Morgan fingerprint density at radius 1 is 0.927 bits per heavy atom. The summed E-state index contributed by atoms with van der Waals surface area (Å²) in [5.74, 6) is 1.50. The first-order valence-electron chi connectivity index (χ1n) is 13.6. The third-order valence-corrected chi connectivity index (χ3v) is 8.92. The summed E-state index contributed by atoms with van der Waals surface area (Å²) >= 11 is 1.56. The van der Waals surface area contributed by atoms with Gasteiger partial charge in [-0.1, -0.05) is 30.3 Å². The number of hydrogen-bond donors (Lipinski definition) is 0. The van der Waals surface area contributed by atoms with E-state index < -0.39 is 17.3 Å². The molecule has 0 unspecified atom stereocenters. The van der Waals surface area contributed by atoms with Crippen molar-refractivity contribution >= 4 is 29.3 Å². The lowest BCUT2D eigenvalue weighted by Gasteiger charge is -2.34. The number of nitrogens with zero attached hydrogens (tertiary/aromatic N) is 2. The molecule has 41 heavy (non-hydrogen) atoms. The molecule has 0 N–H and O–H groups in total. The number of carbonyl (C=O) groups is 2. The van der Waals surface area contributed by atoms with Crippen LogP contribution in [0.3, 0.4) is 0 Å². The van der Waals surface area contributed by atoms with E-state index in [1.165, 1.54) is 6.92 Å². The third kappa shape index (κ3) is 6.86. The molecule has 0 fully saturated rings. The molecule has 3 aromatic carbocycles. The summed E-state index contributed by atoms with van der Waals surface area (Å²) in [6.45, 7) is 3.33. The van der Waals surface area contributed by atoms with Gasteiger partial charge in [-0.05, 0) is 54.9 Å². The minimum Gasteiger partial charge on any atom is -0.497 e. The van der Waals surface area contributed by atoms with Gasteiger partial charge in [0.1, 0.15) is 12.3 Å². The second-order valence-corrected chi connectivity index (χ2v) is 11.5. The number of likely N-dealkylation sites (N-methyl/N-ethyl adjacent to an activating group) is 2. The zero-order chi connectivity index (χ0) is 29.6. The molecule has 218 valence electrons. The molecule has 0 aromatic heterocycles. The van der Waals surface area contributed by atoms with Crippen LogP contribution in [0.15, 0.2) is 71.6 Å². The fourth-order valence-corrected chi connectivity index (χ4v) is 6.50. The second kappa shape index (κ2) is 13.4. The fourth-order valence-electron chi connectivity index (χ4n) is 5.09. The second-order valence-electron chi connectivity index (χ2n) is 10.3. The van der Waals surface area contributed by atoms with Gasteiger partial charge in [0, 0.05) is 26.1 Å². The highest BCUT2D eigenvalue weighted by molar-refractivity contribution is 7.99. The number of ether oxygens (including phenoxy) is 4. The Morgan fingerprint density at radius 2 is 1.63 bits per heavy atom. The summed E-state index contributed by atoms with van der Waals surface area (Å²) in [4.78, 5) is 29.9. The molecular weight excluding hydrogens is 540 g/mol. The predicted molar refractivity (Wildman–Crippen MR) is 162 cm³/mol. The minimum atomic E-state index is -0.958. The van der Waals surface area contributed by atoms with Gasteiger partial charge in [0.2, 0.25) is 6.10 Å². The Balaban J connectivity index is 1.58. The number of carbonyl (C=O) groups excluding carboxylic acids is 2. The lowest BCUT2D eigenvalue weighted by molar-refractivity contribution is -0.157. The van der Waals surface area contributed by atoms with Crippen molar-refractivity contribution in [3.8, 4) is 17.2 Å². The molecule has 1 aliphatic rings. The van der Waals surface area contributed by atoms with E-state index >= 15 is 0 Å². The number of quaternary nitrogens is 1. The summed E-state index contributed by atoms with van der Waals surface area (Å²) in [5, 5.41) is -0.402. The number of methoxy groups -OCH3 is 3. The maximum absolute atomic E-state index is 14.4. The molecule has 1 heterocycles. The van der Waals surface area contributed by atoms with Crippen LogP contribution < -0.4 is 18.7 Å². The van der Waals surface area contributed by atoms with Crippen molar-refractivity contribution in [1.82, 2.24) is 9.38 Å². The van der Waals surface area contributed by atoms with Crippen molar-refractivity contribution in [2.24, 2.45) is 0 Å². The van der Waals surface area contributed by atoms with E-state index in [1.54, 1.807) is 33.1 Å². The number of para-hydroxylation sites is 1. The fraction of sp³-hybridized carbons (Fsp3) is 0.375. The highest BCUT2D eigenvalue weighted by Crippen LogP contribution is 2.48. The Hall–Kier alpha value is -3.53. The molecule has 0 saturated carbocycles. The normalized spacial score (nSPS) is 20.2. The number of esters is 1. The van der Waals surface area contributed by atoms with E-state index in [0.717, 1.165) is 40.4 Å². The Bertz CT molecular complexity index is 1360. The average molecular weight is 580 g/mol. The van der Waals surface area contributed by atoms with Crippen molar-refractivity contribution in [3.05, 3.63) is 77.9 Å². The van der Waals surface area contributed by atoms with E-state index in [2.05, 4.69) is 11.9 Å². The van der Waals surface area contributed by atoms with E-state index in [1.807, 2.05) is 73.8 Å². The molecule has 1 amide bonds. The van der Waals surface area contributed by atoms with E-state index in [0.29, 0.717) is 24.6 Å². The van der Waals surface area contributed by atoms with E-state index in [4.69, 9.17) is 18.9 Å². The standard InChI is InChI=1S/C32H39N2O6S/c1-22(35)40-30-31(24-12-14-25(37-4)15-13-24)41-29-10-8-7-9-26(29)34(3,32(30)36)20-19-33(2)18-17-23-11-16-27(38-5)28(21-23)39-6/h7-16,21,30-31H,17-20H2,1-6H3/q+1/t30-,31+,34+/m0/s1. The van der Waals surface area contributed by atoms with Crippen molar-refractivity contribution < 1.29 is 28.5 Å². The van der Waals surface area contributed by atoms with Crippen molar-refractivity contribution in [1.29, 1.82) is 0 Å². The molecular formula is C32H39N2O6S+. The number of thioether (sulfide) groups is 1. The molecule has 1 aliphatic heterocycles. The number of amides is 1. The summed E-state index contributed by atoms with van der Waals surface area (Å²) in [5.41, 5.74) is 2.94. The first kappa shape index (κ1) is 30.4. The summed E-state index contributed by atoms with van der Waals surface area (Å²) < 4.78 is 21.9. The van der Waals surface area contributed by atoms with Gasteiger partial charge in [-0.15, -0.1) is 11.8 Å². The minimum absolute atomic E-state index is 0.0223. The van der Waals surface area contributed by atoms with Gasteiger partial charge in [0.05, 0.1) is 38.5 Å². The zero-order valence-corrected chi connectivity index (χ0v) is 25.4. The summed E-state index contributed by atoms with van der Waals surface area (Å²) in [7, 11) is 8.86. The average Bonchev–Trinajstić information content (AvgIpc) is 3.08. The van der Waals surface area contributed by atoms with Crippen LogP contribution in [0.4, 0.5) is 5.69 Å². The monoisotopic (exact) mass is 579 g/mol. The van der Waals surface area contributed by atoms with Crippen molar-refractivity contribution in [2.75, 3.05) is 55.1 Å². The number of hydrogen-bond acceptors (Lipinski definition) is 8. The van der Waals surface area contributed by atoms with Gasteiger partial charge in [-0.25, -0.2) is 9.28 Å². The molecule has 0 bridgehead atoms. The van der Waals surface area contributed by atoms with Crippen LogP contribution in [0.25, 0.3) is 0 Å². The van der Waals surface area contributed by atoms with Gasteiger partial charge in [0.15, 0.2) is 17.2 Å². The van der Waals surface area contributed by atoms with Gasteiger partial charge in [0.25, 0.3) is 0 Å². The molecule has 0 saturated heterocycles. The topological polar surface area (TPSA) is 74.3 Å². The smallest absolute Gasteiger partial charge is 0.361 e. The summed E-state index contributed by atoms with van der Waals surface area (Å²) in [6.07, 6.45) is -0.142. The van der Waals surface area contributed by atoms with Crippen LogP contribution in [-0.2, 0) is 20.7 Å². The van der Waals surface area contributed by atoms with Crippen LogP contribution >= 0.6 is 11.8 Å². The first-order chi connectivity index (χ1) is 19.7. The zero-order valence-electron chi connectivity index (χ0n) is 24.6. The lowest BCUT2D eigenvalue weighted by Crippen LogP contribution is -2.58. The first-order valence-corrected chi connectivity index (χ1v) is 14.4. The van der Waals surface area contributed by atoms with Crippen LogP contribution in [0.2, 0.25) is 0 Å². The SMILES string of the molecule is COc1ccc([C@H]2Sc3ccccc3[N@@+](C)(CCN(C)CCc3ccc(OC)c(OC)c3)C(=O)[C@H]2OC(C)=O)cc1. The summed E-state index contributed by atoms with van der Waals surface area (Å²) in [6, 6.07) is 21.5. The molecule has 0 radical (unpaired) electrons. The maximum atomic E-state index is 14.4. The largest absolute Gasteiger partial charge is 0.497 e. The lowest BCUT2D eigenvalue weighted by atomic mass is 10.0. The third-order valence-electron chi connectivity index (χ3n) is 7.55. The molecule has 4 rings (SSSR count). The highest BCUT2D eigenvalue weighted by Gasteiger charge is 2.50. The van der Waals surface area contributed by atoms with E-state index in [-0.39, 0.29) is 10.4 Å². The molecule has 0 spiro atoms. The van der Waals surface area contributed by atoms with E-state index in [9.17, 15) is 9.59 Å². The predicted octanol–water partition coefficient (Wildman–Crippen LogP) is 5.13.